The van der Waals surface area contributed by atoms with Crippen molar-refractivity contribution in [3.8, 4) is 0 Å². The third-order valence-electron chi connectivity index (χ3n) is 3.64. The van der Waals surface area contributed by atoms with Crippen LogP contribution in [0.2, 0.25) is 0 Å². The number of anilines is 1. The van der Waals surface area contributed by atoms with Crippen molar-refractivity contribution in [3.63, 3.8) is 0 Å². The minimum atomic E-state index is -0.411. The zero-order chi connectivity index (χ0) is 14.2. The van der Waals surface area contributed by atoms with Crippen LogP contribution in [0.5, 0.6) is 0 Å². The SMILES string of the molecule is CCOC(=O)c1c(NC(=O)C2CC2(C)C)c[nH]c1C. The number of nitrogens with one attached hydrogen (secondary N) is 2. The molecule has 1 aromatic rings. The van der Waals surface area contributed by atoms with Gasteiger partial charge in [0.1, 0.15) is 5.56 Å². The molecule has 0 bridgehead atoms. The number of hydrogen-bond acceptors (Lipinski definition) is 3. The average Bonchev–Trinajstić information content (AvgIpc) is 2.80. The quantitative estimate of drug-likeness (QED) is 0.821. The zero-order valence-corrected chi connectivity index (χ0v) is 11.8. The van der Waals surface area contributed by atoms with E-state index in [4.69, 9.17) is 4.74 Å². The maximum absolute atomic E-state index is 12.1. The number of H-pyrrole nitrogens is 1. The number of aryl methyl sites for hydroxylation is 1. The fraction of sp³-hybridized carbons (Fsp3) is 0.571. The fourth-order valence-electron chi connectivity index (χ4n) is 2.23. The van der Waals surface area contributed by atoms with E-state index in [2.05, 4.69) is 24.1 Å². The summed E-state index contributed by atoms with van der Waals surface area (Å²) in [7, 11) is 0. The molecule has 0 saturated heterocycles. The summed E-state index contributed by atoms with van der Waals surface area (Å²) in [6.45, 7) is 7.97. The van der Waals surface area contributed by atoms with Crippen molar-refractivity contribution in [2.24, 2.45) is 11.3 Å². The van der Waals surface area contributed by atoms with Gasteiger partial charge >= 0.3 is 5.97 Å². The minimum Gasteiger partial charge on any atom is -0.462 e. The summed E-state index contributed by atoms with van der Waals surface area (Å²) in [4.78, 5) is 26.8. The predicted octanol–water partition coefficient (Wildman–Crippen LogP) is 2.48. The molecular weight excluding hydrogens is 244 g/mol. The first-order valence-corrected chi connectivity index (χ1v) is 6.52. The summed E-state index contributed by atoms with van der Waals surface area (Å²) in [5.41, 5.74) is 1.68. The van der Waals surface area contributed by atoms with Gasteiger partial charge in [0.25, 0.3) is 0 Å². The number of esters is 1. The Morgan fingerprint density at radius 1 is 1.53 bits per heavy atom. The number of carbonyl (C=O) groups excluding carboxylic acids is 2. The Kier molecular flexibility index (Phi) is 3.39. The molecule has 2 N–H and O–H groups in total. The molecule has 1 unspecified atom stereocenters. The topological polar surface area (TPSA) is 71.2 Å². The maximum Gasteiger partial charge on any atom is 0.342 e. The molecule has 1 aromatic heterocycles. The number of aromatic amines is 1. The number of carbonyl (C=O) groups is 2. The minimum absolute atomic E-state index is 0.0257. The van der Waals surface area contributed by atoms with E-state index < -0.39 is 5.97 Å². The van der Waals surface area contributed by atoms with Crippen LogP contribution in [0.3, 0.4) is 0 Å². The second-order valence-corrected chi connectivity index (χ2v) is 5.66. The second kappa shape index (κ2) is 4.72. The van der Waals surface area contributed by atoms with Gasteiger partial charge in [0.15, 0.2) is 0 Å². The molecule has 1 atom stereocenters. The standard InChI is InChI=1S/C14H20N2O3/c1-5-19-13(18)11-8(2)15-7-10(11)16-12(17)9-6-14(9,3)4/h7,9,15H,5-6H2,1-4H3,(H,16,17). The molecule has 1 saturated carbocycles. The van der Waals surface area contributed by atoms with Crippen LogP contribution < -0.4 is 5.32 Å². The molecule has 19 heavy (non-hydrogen) atoms. The lowest BCUT2D eigenvalue weighted by Crippen LogP contribution is -2.18. The van der Waals surface area contributed by atoms with Crippen molar-refractivity contribution in [2.75, 3.05) is 11.9 Å². The molecule has 2 rings (SSSR count). The van der Waals surface area contributed by atoms with Gasteiger partial charge in [-0.25, -0.2) is 4.79 Å². The smallest absolute Gasteiger partial charge is 0.342 e. The lowest BCUT2D eigenvalue weighted by atomic mass is 10.1. The molecule has 1 fully saturated rings. The fourth-order valence-corrected chi connectivity index (χ4v) is 2.23. The average molecular weight is 264 g/mol. The molecule has 1 amide bonds. The van der Waals surface area contributed by atoms with Crippen LogP contribution in [0.25, 0.3) is 0 Å². The highest BCUT2D eigenvalue weighted by Crippen LogP contribution is 2.52. The van der Waals surface area contributed by atoms with E-state index in [1.165, 1.54) is 0 Å². The molecule has 1 aliphatic carbocycles. The third-order valence-corrected chi connectivity index (χ3v) is 3.64. The van der Waals surface area contributed by atoms with Gasteiger partial charge in [-0.3, -0.25) is 4.79 Å². The first-order valence-electron chi connectivity index (χ1n) is 6.52. The van der Waals surface area contributed by atoms with E-state index in [0.717, 1.165) is 6.42 Å². The Labute approximate surface area is 112 Å². The summed E-state index contributed by atoms with van der Waals surface area (Å²) < 4.78 is 5.00. The van der Waals surface area contributed by atoms with Crippen molar-refractivity contribution < 1.29 is 14.3 Å². The summed E-state index contributed by atoms with van der Waals surface area (Å²) in [5, 5.41) is 2.82. The predicted molar refractivity (Wildman–Crippen MR) is 72.0 cm³/mol. The first-order chi connectivity index (χ1) is 8.86. The Morgan fingerprint density at radius 3 is 2.68 bits per heavy atom. The van der Waals surface area contributed by atoms with Gasteiger partial charge in [0.2, 0.25) is 5.91 Å². The van der Waals surface area contributed by atoms with Crippen molar-refractivity contribution in [1.82, 2.24) is 4.98 Å². The van der Waals surface area contributed by atoms with Gasteiger partial charge in [-0.15, -0.1) is 0 Å². The number of rotatable bonds is 4. The monoisotopic (exact) mass is 264 g/mol. The summed E-state index contributed by atoms with van der Waals surface area (Å²) in [6, 6.07) is 0. The van der Waals surface area contributed by atoms with Gasteiger partial charge in [-0.05, 0) is 25.7 Å². The third kappa shape index (κ3) is 2.64. The van der Waals surface area contributed by atoms with E-state index in [0.29, 0.717) is 23.6 Å². The van der Waals surface area contributed by atoms with Gasteiger partial charge in [0, 0.05) is 17.8 Å². The lowest BCUT2D eigenvalue weighted by Gasteiger charge is -2.08. The molecule has 0 aliphatic heterocycles. The van der Waals surface area contributed by atoms with Crippen LogP contribution in [0.1, 0.15) is 43.2 Å². The molecule has 5 heteroatoms. The molecule has 0 spiro atoms. The molecule has 0 aromatic carbocycles. The zero-order valence-electron chi connectivity index (χ0n) is 11.8. The van der Waals surface area contributed by atoms with Crippen molar-refractivity contribution in [2.45, 2.75) is 34.1 Å². The van der Waals surface area contributed by atoms with Crippen LogP contribution in [0.4, 0.5) is 5.69 Å². The van der Waals surface area contributed by atoms with Crippen molar-refractivity contribution in [3.05, 3.63) is 17.5 Å². The van der Waals surface area contributed by atoms with Crippen LogP contribution in [-0.4, -0.2) is 23.5 Å². The van der Waals surface area contributed by atoms with Crippen LogP contribution in [-0.2, 0) is 9.53 Å². The lowest BCUT2D eigenvalue weighted by molar-refractivity contribution is -0.118. The van der Waals surface area contributed by atoms with E-state index in [1.54, 1.807) is 20.0 Å². The normalized spacial score (nSPS) is 19.9. The van der Waals surface area contributed by atoms with Gasteiger partial charge in [0.05, 0.1) is 12.3 Å². The number of ether oxygens (including phenoxy) is 1. The van der Waals surface area contributed by atoms with Gasteiger partial charge in [-0.1, -0.05) is 13.8 Å². The molecule has 5 nitrogen and oxygen atoms in total. The summed E-state index contributed by atoms with van der Waals surface area (Å²) in [5.74, 6) is -0.418. The van der Waals surface area contributed by atoms with Gasteiger partial charge in [-0.2, -0.15) is 0 Å². The Hall–Kier alpha value is -1.78. The highest BCUT2D eigenvalue weighted by Gasteiger charge is 2.50. The molecule has 0 radical (unpaired) electrons. The van der Waals surface area contributed by atoms with Crippen molar-refractivity contribution >= 4 is 17.6 Å². The van der Waals surface area contributed by atoms with Crippen molar-refractivity contribution in [1.29, 1.82) is 0 Å². The maximum atomic E-state index is 12.1. The number of aromatic nitrogens is 1. The van der Waals surface area contributed by atoms with E-state index >= 15 is 0 Å². The Bertz CT molecular complexity index is 517. The summed E-state index contributed by atoms with van der Waals surface area (Å²) in [6.07, 6.45) is 2.52. The Balaban J connectivity index is 2.13. The highest BCUT2D eigenvalue weighted by molar-refractivity contribution is 6.03. The van der Waals surface area contributed by atoms with Gasteiger partial charge < -0.3 is 15.0 Å². The molecule has 1 heterocycles. The highest BCUT2D eigenvalue weighted by atomic mass is 16.5. The first kappa shape index (κ1) is 13.6. The molecular formula is C14H20N2O3. The van der Waals surface area contributed by atoms with Crippen LogP contribution >= 0.6 is 0 Å². The number of hydrogen-bond donors (Lipinski definition) is 2. The number of amides is 1. The molecule has 1 aliphatic rings. The largest absolute Gasteiger partial charge is 0.462 e. The summed E-state index contributed by atoms with van der Waals surface area (Å²) >= 11 is 0. The molecule has 104 valence electrons. The second-order valence-electron chi connectivity index (χ2n) is 5.66. The van der Waals surface area contributed by atoms with E-state index in [-0.39, 0.29) is 17.2 Å². The van der Waals surface area contributed by atoms with E-state index in [1.807, 2.05) is 0 Å². The Morgan fingerprint density at radius 2 is 2.16 bits per heavy atom. The van der Waals surface area contributed by atoms with E-state index in [9.17, 15) is 9.59 Å². The van der Waals surface area contributed by atoms with Crippen LogP contribution in [0, 0.1) is 18.3 Å². The van der Waals surface area contributed by atoms with Crippen LogP contribution in [0.15, 0.2) is 6.20 Å².